The van der Waals surface area contributed by atoms with E-state index in [0.29, 0.717) is 26.7 Å². The molecular weight excluding hydrogens is 347 g/mol. The fraction of sp³-hybridized carbons (Fsp3) is 0.467. The lowest BCUT2D eigenvalue weighted by molar-refractivity contribution is -0.123. The average Bonchev–Trinajstić information content (AvgIpc) is 3.10. The van der Waals surface area contributed by atoms with Gasteiger partial charge in [-0.25, -0.2) is 5.43 Å². The van der Waals surface area contributed by atoms with Crippen LogP contribution in [0.4, 0.5) is 0 Å². The molecule has 0 spiro atoms. The molecule has 4 nitrogen and oxygen atoms in total. The van der Waals surface area contributed by atoms with Crippen LogP contribution in [0.15, 0.2) is 17.2 Å². The van der Waals surface area contributed by atoms with Gasteiger partial charge in [0.15, 0.2) is 6.61 Å². The predicted molar refractivity (Wildman–Crippen MR) is 88.0 cm³/mol. The lowest BCUT2D eigenvalue weighted by atomic mass is 9.99. The number of carbonyl (C=O) groups is 1. The fourth-order valence-electron chi connectivity index (χ4n) is 3.09. The van der Waals surface area contributed by atoms with E-state index in [1.807, 2.05) is 0 Å². The van der Waals surface area contributed by atoms with Crippen molar-refractivity contribution in [3.8, 4) is 5.75 Å². The molecule has 1 aromatic rings. The molecule has 2 saturated carbocycles. The van der Waals surface area contributed by atoms with Crippen LogP contribution in [-0.4, -0.2) is 18.2 Å². The third-order valence-electron chi connectivity index (χ3n) is 4.17. The van der Waals surface area contributed by atoms with E-state index in [0.717, 1.165) is 18.1 Å². The number of nitrogens with zero attached hydrogens (tertiary/aromatic N) is 1. The van der Waals surface area contributed by atoms with E-state index >= 15 is 0 Å². The van der Waals surface area contributed by atoms with E-state index in [1.54, 1.807) is 0 Å². The summed E-state index contributed by atoms with van der Waals surface area (Å²) in [5, 5.41) is 5.20. The molecule has 2 aliphatic rings. The zero-order valence-corrected chi connectivity index (χ0v) is 14.0. The highest BCUT2D eigenvalue weighted by molar-refractivity contribution is 6.43. The Kier molecular flexibility index (Phi) is 4.81. The molecule has 1 N–H and O–H groups in total. The van der Waals surface area contributed by atoms with Gasteiger partial charge in [0.1, 0.15) is 5.75 Å². The van der Waals surface area contributed by atoms with Crippen LogP contribution in [0.3, 0.4) is 0 Å². The van der Waals surface area contributed by atoms with Crippen molar-refractivity contribution in [3.63, 3.8) is 0 Å². The van der Waals surface area contributed by atoms with Crippen molar-refractivity contribution >= 4 is 46.4 Å². The van der Waals surface area contributed by atoms with Gasteiger partial charge in [0.05, 0.1) is 15.1 Å². The maximum absolute atomic E-state index is 11.8. The molecule has 0 radical (unpaired) electrons. The van der Waals surface area contributed by atoms with Crippen molar-refractivity contribution in [2.45, 2.75) is 25.7 Å². The average molecular weight is 362 g/mol. The molecule has 0 saturated heterocycles. The second-order valence-electron chi connectivity index (χ2n) is 5.70. The van der Waals surface area contributed by atoms with Crippen LogP contribution in [0.5, 0.6) is 5.75 Å². The molecule has 0 aliphatic heterocycles. The minimum atomic E-state index is -0.322. The summed E-state index contributed by atoms with van der Waals surface area (Å²) < 4.78 is 5.36. The largest absolute Gasteiger partial charge is 0.482 e. The fourth-order valence-corrected chi connectivity index (χ4v) is 3.68. The molecule has 0 heterocycles. The summed E-state index contributed by atoms with van der Waals surface area (Å²) in [5.41, 5.74) is 3.66. The first-order chi connectivity index (χ1) is 10.5. The number of ether oxygens (including phenoxy) is 1. The molecule has 118 valence electrons. The first-order valence-electron chi connectivity index (χ1n) is 7.15. The zero-order chi connectivity index (χ0) is 15.7. The maximum atomic E-state index is 11.8. The van der Waals surface area contributed by atoms with Crippen molar-refractivity contribution in [1.29, 1.82) is 0 Å². The molecule has 2 bridgehead atoms. The topological polar surface area (TPSA) is 50.7 Å². The van der Waals surface area contributed by atoms with Crippen molar-refractivity contribution < 1.29 is 9.53 Å². The van der Waals surface area contributed by atoms with Gasteiger partial charge >= 0.3 is 0 Å². The zero-order valence-electron chi connectivity index (χ0n) is 11.7. The second-order valence-corrected chi connectivity index (χ2v) is 6.93. The molecule has 2 aliphatic carbocycles. The van der Waals surface area contributed by atoms with E-state index in [2.05, 4.69) is 10.5 Å². The number of rotatable bonds is 4. The van der Waals surface area contributed by atoms with Crippen molar-refractivity contribution in [2.24, 2.45) is 16.9 Å². The quantitative estimate of drug-likeness (QED) is 0.641. The van der Waals surface area contributed by atoms with Gasteiger partial charge in [-0.2, -0.15) is 5.10 Å². The summed E-state index contributed by atoms with van der Waals surface area (Å²) in [5.74, 6) is 1.30. The van der Waals surface area contributed by atoms with Gasteiger partial charge in [-0.05, 0) is 43.6 Å². The SMILES string of the molecule is O=C(COc1cc(Cl)c(Cl)cc1Cl)NN=C1CC2CCC1C2. The van der Waals surface area contributed by atoms with Gasteiger partial charge in [0, 0.05) is 11.8 Å². The Morgan fingerprint density at radius 2 is 2.00 bits per heavy atom. The normalized spacial score (nSPS) is 24.8. The molecule has 2 fully saturated rings. The highest BCUT2D eigenvalue weighted by Gasteiger charge is 2.36. The number of nitrogens with one attached hydrogen (secondary N) is 1. The van der Waals surface area contributed by atoms with Gasteiger partial charge < -0.3 is 4.74 Å². The molecule has 7 heteroatoms. The summed E-state index contributed by atoms with van der Waals surface area (Å²) in [6.07, 6.45) is 4.69. The van der Waals surface area contributed by atoms with Gasteiger partial charge in [-0.3, -0.25) is 4.79 Å². The number of fused-ring (bicyclic) bond motifs is 2. The van der Waals surface area contributed by atoms with Gasteiger partial charge in [-0.1, -0.05) is 34.8 Å². The van der Waals surface area contributed by atoms with Gasteiger partial charge in [-0.15, -0.1) is 0 Å². The molecular formula is C15H15Cl3N2O2. The molecule has 1 aromatic carbocycles. The second kappa shape index (κ2) is 6.65. The number of hydrogen-bond donors (Lipinski definition) is 1. The lowest BCUT2D eigenvalue weighted by Gasteiger charge is -2.12. The number of hydrazone groups is 1. The third kappa shape index (κ3) is 3.50. The van der Waals surface area contributed by atoms with Crippen LogP contribution in [-0.2, 0) is 4.79 Å². The van der Waals surface area contributed by atoms with Crippen LogP contribution < -0.4 is 10.2 Å². The van der Waals surface area contributed by atoms with Crippen LogP contribution in [0.2, 0.25) is 15.1 Å². The maximum Gasteiger partial charge on any atom is 0.277 e. The van der Waals surface area contributed by atoms with Crippen molar-refractivity contribution in [1.82, 2.24) is 5.43 Å². The summed E-state index contributed by atoms with van der Waals surface area (Å²) in [4.78, 5) is 11.8. The summed E-state index contributed by atoms with van der Waals surface area (Å²) in [6.45, 7) is -0.178. The Balaban J connectivity index is 1.52. The molecule has 0 aromatic heterocycles. The number of amides is 1. The lowest BCUT2D eigenvalue weighted by Crippen LogP contribution is -2.27. The van der Waals surface area contributed by atoms with E-state index in [1.165, 1.54) is 31.4 Å². The molecule has 2 atom stereocenters. The Hall–Kier alpha value is -0.970. The van der Waals surface area contributed by atoms with Crippen LogP contribution in [0.1, 0.15) is 25.7 Å². The van der Waals surface area contributed by atoms with E-state index in [-0.39, 0.29) is 12.5 Å². The first kappa shape index (κ1) is 15.9. The van der Waals surface area contributed by atoms with Crippen molar-refractivity contribution in [2.75, 3.05) is 6.61 Å². The monoisotopic (exact) mass is 360 g/mol. The molecule has 2 unspecified atom stereocenters. The molecule has 22 heavy (non-hydrogen) atoms. The standard InChI is InChI=1S/C15H15Cl3N2O2/c16-10-5-12(18)14(6-11(10)17)22-7-15(21)20-19-13-4-8-1-2-9(13)3-8/h5-6,8-9H,1-4,7H2,(H,20,21). The van der Waals surface area contributed by atoms with E-state index in [4.69, 9.17) is 39.5 Å². The van der Waals surface area contributed by atoms with Gasteiger partial charge in [0.2, 0.25) is 0 Å². The number of benzene rings is 1. The summed E-state index contributed by atoms with van der Waals surface area (Å²) in [6, 6.07) is 2.97. The minimum absolute atomic E-state index is 0.178. The minimum Gasteiger partial charge on any atom is -0.482 e. The van der Waals surface area contributed by atoms with Crippen LogP contribution in [0, 0.1) is 11.8 Å². The highest BCUT2D eigenvalue weighted by Crippen LogP contribution is 2.42. The van der Waals surface area contributed by atoms with Crippen molar-refractivity contribution in [3.05, 3.63) is 27.2 Å². The highest BCUT2D eigenvalue weighted by atomic mass is 35.5. The Bertz CT molecular complexity index is 633. The Labute approximate surface area is 143 Å². The molecule has 3 rings (SSSR count). The Morgan fingerprint density at radius 3 is 2.68 bits per heavy atom. The Morgan fingerprint density at radius 1 is 1.23 bits per heavy atom. The summed E-state index contributed by atoms with van der Waals surface area (Å²) in [7, 11) is 0. The van der Waals surface area contributed by atoms with E-state index < -0.39 is 0 Å². The molecule has 1 amide bonds. The number of carbonyl (C=O) groups excluding carboxylic acids is 1. The summed E-state index contributed by atoms with van der Waals surface area (Å²) >= 11 is 17.7. The van der Waals surface area contributed by atoms with Crippen LogP contribution in [0.25, 0.3) is 0 Å². The van der Waals surface area contributed by atoms with E-state index in [9.17, 15) is 4.79 Å². The smallest absolute Gasteiger partial charge is 0.277 e. The number of halogens is 3. The van der Waals surface area contributed by atoms with Gasteiger partial charge in [0.25, 0.3) is 5.91 Å². The first-order valence-corrected chi connectivity index (χ1v) is 8.29. The predicted octanol–water partition coefficient (Wildman–Crippen LogP) is 4.32. The third-order valence-corrected chi connectivity index (χ3v) is 5.19. The number of hydrogen-bond acceptors (Lipinski definition) is 3. The van der Waals surface area contributed by atoms with Crippen LogP contribution >= 0.6 is 34.8 Å².